The number of carbonyl (C=O) groups is 1. The molecule has 7 heteroatoms. The van der Waals surface area contributed by atoms with E-state index in [2.05, 4.69) is 43.5 Å². The molecule has 0 spiro atoms. The lowest BCUT2D eigenvalue weighted by Gasteiger charge is -2.20. The van der Waals surface area contributed by atoms with Gasteiger partial charge in [0.2, 0.25) is 0 Å². The average molecular weight is 367 g/mol. The van der Waals surface area contributed by atoms with Crippen LogP contribution in [0.5, 0.6) is 0 Å². The molecule has 1 aromatic heterocycles. The van der Waals surface area contributed by atoms with Gasteiger partial charge in [-0.3, -0.25) is 5.32 Å². The quantitative estimate of drug-likeness (QED) is 0.854. The molecule has 2 aromatic rings. The van der Waals surface area contributed by atoms with E-state index in [1.807, 2.05) is 24.3 Å². The lowest BCUT2D eigenvalue weighted by molar-refractivity contribution is 0.262. The van der Waals surface area contributed by atoms with Crippen LogP contribution in [0.25, 0.3) is 0 Å². The summed E-state index contributed by atoms with van der Waals surface area (Å²) >= 11 is 4.95. The van der Waals surface area contributed by atoms with Crippen LogP contribution >= 0.6 is 27.3 Å². The zero-order chi connectivity index (χ0) is 14.8. The smallest absolute Gasteiger partial charge is 0.307 e. The van der Waals surface area contributed by atoms with Crippen molar-refractivity contribution in [3.8, 4) is 0 Å². The Kier molecular flexibility index (Phi) is 4.23. The van der Waals surface area contributed by atoms with Crippen LogP contribution in [0.2, 0.25) is 0 Å². The van der Waals surface area contributed by atoms with Gasteiger partial charge in [0.15, 0.2) is 5.13 Å². The number of anilines is 2. The predicted octanol–water partition coefficient (Wildman–Crippen LogP) is 3.54. The number of amides is 2. The topological polar surface area (TPSA) is 57.3 Å². The monoisotopic (exact) mass is 366 g/mol. The second-order valence-corrected chi connectivity index (χ2v) is 6.87. The van der Waals surface area contributed by atoms with E-state index < -0.39 is 0 Å². The Morgan fingerprint density at radius 2 is 2.19 bits per heavy atom. The summed E-state index contributed by atoms with van der Waals surface area (Å²) in [7, 11) is 2.09. The Morgan fingerprint density at radius 3 is 3.00 bits per heavy atom. The zero-order valence-corrected chi connectivity index (χ0v) is 13.9. The highest BCUT2D eigenvalue weighted by molar-refractivity contribution is 9.10. The zero-order valence-electron chi connectivity index (χ0n) is 11.5. The van der Waals surface area contributed by atoms with Gasteiger partial charge in [-0.05, 0) is 35.1 Å². The summed E-state index contributed by atoms with van der Waals surface area (Å²) in [5, 5.41) is 6.27. The number of para-hydroxylation sites is 1. The van der Waals surface area contributed by atoms with E-state index in [9.17, 15) is 4.79 Å². The van der Waals surface area contributed by atoms with Gasteiger partial charge in [-0.2, -0.15) is 0 Å². The number of nitrogens with one attached hydrogen (secondary N) is 2. The summed E-state index contributed by atoms with van der Waals surface area (Å²) in [4.78, 5) is 20.0. The molecule has 1 aromatic carbocycles. The van der Waals surface area contributed by atoms with Crippen LogP contribution in [0.1, 0.15) is 10.6 Å². The van der Waals surface area contributed by atoms with Crippen molar-refractivity contribution in [2.75, 3.05) is 24.2 Å². The third kappa shape index (κ3) is 3.42. The van der Waals surface area contributed by atoms with Crippen molar-refractivity contribution in [2.45, 2.75) is 13.0 Å². The molecule has 2 heterocycles. The van der Waals surface area contributed by atoms with Gasteiger partial charge >= 0.3 is 6.03 Å². The first-order valence-corrected chi connectivity index (χ1v) is 8.22. The fraction of sp³-hybridized carbons (Fsp3) is 0.286. The van der Waals surface area contributed by atoms with Gasteiger partial charge in [-0.1, -0.05) is 12.1 Å². The number of benzene rings is 1. The van der Waals surface area contributed by atoms with Crippen LogP contribution in [0.4, 0.5) is 15.6 Å². The number of carbonyl (C=O) groups excluding carboxylic acids is 1. The average Bonchev–Trinajstić information content (AvgIpc) is 2.82. The number of hydrogen-bond acceptors (Lipinski definition) is 4. The maximum atomic E-state index is 12.0. The van der Waals surface area contributed by atoms with Crippen LogP contribution in [0.15, 0.2) is 28.7 Å². The minimum atomic E-state index is -0.277. The van der Waals surface area contributed by atoms with E-state index in [0.29, 0.717) is 5.13 Å². The molecule has 110 valence electrons. The lowest BCUT2D eigenvalue weighted by atomic mass is 10.2. The van der Waals surface area contributed by atoms with E-state index in [4.69, 9.17) is 0 Å². The van der Waals surface area contributed by atoms with Gasteiger partial charge in [0, 0.05) is 28.9 Å². The molecule has 5 nitrogen and oxygen atoms in total. The molecule has 3 rings (SSSR count). The van der Waals surface area contributed by atoms with E-state index >= 15 is 0 Å². The van der Waals surface area contributed by atoms with Crippen molar-refractivity contribution in [2.24, 2.45) is 0 Å². The Labute approximate surface area is 135 Å². The summed E-state index contributed by atoms with van der Waals surface area (Å²) in [5.74, 6) is 0. The minimum absolute atomic E-state index is 0.277. The fourth-order valence-corrected chi connectivity index (χ4v) is 3.66. The van der Waals surface area contributed by atoms with E-state index in [-0.39, 0.29) is 6.03 Å². The summed E-state index contributed by atoms with van der Waals surface area (Å²) in [5.41, 5.74) is 1.84. The molecule has 2 N–H and O–H groups in total. The SMILES string of the molecule is CN1CCc2nc(NC(=O)Nc3ccccc3Br)sc2C1. The predicted molar refractivity (Wildman–Crippen MR) is 88.9 cm³/mol. The van der Waals surface area contributed by atoms with Gasteiger partial charge < -0.3 is 10.2 Å². The van der Waals surface area contributed by atoms with Gasteiger partial charge in [0.1, 0.15) is 0 Å². The highest BCUT2D eigenvalue weighted by atomic mass is 79.9. The van der Waals surface area contributed by atoms with Gasteiger partial charge in [-0.25, -0.2) is 9.78 Å². The van der Waals surface area contributed by atoms with E-state index in [0.717, 1.165) is 35.4 Å². The lowest BCUT2D eigenvalue weighted by Crippen LogP contribution is -2.25. The molecule has 0 fully saturated rings. The van der Waals surface area contributed by atoms with Gasteiger partial charge in [0.05, 0.1) is 11.4 Å². The van der Waals surface area contributed by atoms with Gasteiger partial charge in [-0.15, -0.1) is 11.3 Å². The molecule has 0 saturated carbocycles. The number of halogens is 1. The molecule has 0 atom stereocenters. The summed E-state index contributed by atoms with van der Waals surface area (Å²) in [6, 6.07) is 7.22. The van der Waals surface area contributed by atoms with Crippen LogP contribution in [-0.4, -0.2) is 29.5 Å². The van der Waals surface area contributed by atoms with Crippen molar-refractivity contribution < 1.29 is 4.79 Å². The number of thiazole rings is 1. The molecule has 0 radical (unpaired) electrons. The molecule has 0 bridgehead atoms. The van der Waals surface area contributed by atoms with Crippen LogP contribution < -0.4 is 10.6 Å². The van der Waals surface area contributed by atoms with Crippen molar-refractivity contribution >= 4 is 44.1 Å². The molecular formula is C14H15BrN4OS. The fourth-order valence-electron chi connectivity index (χ4n) is 2.19. The molecule has 0 unspecified atom stereocenters. The Balaban J connectivity index is 1.67. The van der Waals surface area contributed by atoms with Crippen molar-refractivity contribution in [3.05, 3.63) is 39.3 Å². The summed E-state index contributed by atoms with van der Waals surface area (Å²) in [6.07, 6.45) is 0.940. The number of fused-ring (bicyclic) bond motifs is 1. The Morgan fingerprint density at radius 1 is 1.38 bits per heavy atom. The van der Waals surface area contributed by atoms with Crippen LogP contribution in [-0.2, 0) is 13.0 Å². The van der Waals surface area contributed by atoms with Crippen LogP contribution in [0.3, 0.4) is 0 Å². The molecule has 0 aliphatic carbocycles. The third-order valence-electron chi connectivity index (χ3n) is 3.26. The first-order valence-electron chi connectivity index (χ1n) is 6.61. The maximum Gasteiger partial charge on any atom is 0.325 e. The Bertz CT molecular complexity index is 673. The number of urea groups is 1. The summed E-state index contributed by atoms with van der Waals surface area (Å²) < 4.78 is 0.847. The normalized spacial score (nSPS) is 14.6. The molecule has 1 aliphatic heterocycles. The number of rotatable bonds is 2. The highest BCUT2D eigenvalue weighted by Crippen LogP contribution is 2.28. The highest BCUT2D eigenvalue weighted by Gasteiger charge is 2.19. The maximum absolute atomic E-state index is 12.0. The van der Waals surface area contributed by atoms with Crippen molar-refractivity contribution in [3.63, 3.8) is 0 Å². The van der Waals surface area contributed by atoms with E-state index in [1.54, 1.807) is 11.3 Å². The third-order valence-corrected chi connectivity index (χ3v) is 4.95. The molecular weight excluding hydrogens is 352 g/mol. The largest absolute Gasteiger partial charge is 0.325 e. The first-order chi connectivity index (χ1) is 10.1. The number of hydrogen-bond donors (Lipinski definition) is 2. The minimum Gasteiger partial charge on any atom is -0.307 e. The Hall–Kier alpha value is -1.44. The van der Waals surface area contributed by atoms with Crippen LogP contribution in [0, 0.1) is 0 Å². The molecule has 1 aliphatic rings. The van der Waals surface area contributed by atoms with Crippen molar-refractivity contribution in [1.82, 2.24) is 9.88 Å². The number of aromatic nitrogens is 1. The molecule has 21 heavy (non-hydrogen) atoms. The second-order valence-electron chi connectivity index (χ2n) is 4.94. The summed E-state index contributed by atoms with van der Waals surface area (Å²) in [6.45, 7) is 1.92. The van der Waals surface area contributed by atoms with Crippen molar-refractivity contribution in [1.29, 1.82) is 0 Å². The first kappa shape index (κ1) is 14.5. The molecule has 2 amide bonds. The number of likely N-dealkylation sites (N-methyl/N-ethyl adjacent to an activating group) is 1. The molecule has 0 saturated heterocycles. The van der Waals surface area contributed by atoms with Gasteiger partial charge in [0.25, 0.3) is 0 Å². The van der Waals surface area contributed by atoms with E-state index in [1.165, 1.54) is 4.88 Å². The number of nitrogens with zero attached hydrogens (tertiary/aromatic N) is 2. The second kappa shape index (κ2) is 6.13. The standard InChI is InChI=1S/C14H15BrN4OS/c1-19-7-6-11-12(8-19)21-14(17-11)18-13(20)16-10-5-3-2-4-9(10)15/h2-5H,6-8H2,1H3,(H2,16,17,18,20).